The molecule has 566 valence electrons. The van der Waals surface area contributed by atoms with Gasteiger partial charge in [-0.05, 0) is 129 Å². The maximum atomic E-state index is 16.1. The van der Waals surface area contributed by atoms with Gasteiger partial charge in [-0.25, -0.2) is 4.79 Å². The number of likely N-dealkylation sites (N-methyl/N-ethyl adjacent to an activating group) is 1. The second-order valence-electron chi connectivity index (χ2n) is 26.6. The van der Waals surface area contributed by atoms with Gasteiger partial charge in [0.05, 0.1) is 41.3 Å². The number of primary amides is 1. The molecule has 5 aromatic rings. The van der Waals surface area contributed by atoms with Crippen LogP contribution in [-0.2, 0) is 52.6 Å². The summed E-state index contributed by atoms with van der Waals surface area (Å²) in [5.41, 5.74) is 1.82. The minimum absolute atomic E-state index is 0.0981. The van der Waals surface area contributed by atoms with Crippen LogP contribution in [0.2, 0.25) is 10.0 Å². The van der Waals surface area contributed by atoms with Gasteiger partial charge >= 0.3 is 5.97 Å². The van der Waals surface area contributed by atoms with Crippen molar-refractivity contribution in [2.75, 3.05) is 26.0 Å². The second kappa shape index (κ2) is 32.9. The highest BCUT2D eigenvalue weighted by molar-refractivity contribution is 7.80. The fraction of sp³-hybridized carbons (Fsp3) is 0.449. The van der Waals surface area contributed by atoms with E-state index < -0.39 is 237 Å². The van der Waals surface area contributed by atoms with Crippen LogP contribution in [0.15, 0.2) is 78.9 Å². The highest BCUT2D eigenvalue weighted by Gasteiger charge is 2.52. The fourth-order valence-corrected chi connectivity index (χ4v) is 13.7. The van der Waals surface area contributed by atoms with E-state index in [-0.39, 0.29) is 46.2 Å². The summed E-state index contributed by atoms with van der Waals surface area (Å²) in [5, 5.41) is 135. The van der Waals surface area contributed by atoms with Crippen molar-refractivity contribution in [1.29, 1.82) is 0 Å². The van der Waals surface area contributed by atoms with Crippen molar-refractivity contribution in [3.05, 3.63) is 117 Å². The number of carbonyl (C=O) groups excluding carboxylic acids is 7. The van der Waals surface area contributed by atoms with E-state index in [9.17, 15) is 75.0 Å². The Morgan fingerprint density at radius 3 is 1.95 bits per heavy atom. The van der Waals surface area contributed by atoms with Crippen molar-refractivity contribution in [3.63, 3.8) is 0 Å². The van der Waals surface area contributed by atoms with Gasteiger partial charge in [0.2, 0.25) is 53.4 Å². The predicted molar refractivity (Wildman–Crippen MR) is 372 cm³/mol. The molecule has 2 fully saturated rings. The zero-order valence-electron chi connectivity index (χ0n) is 56.8. The van der Waals surface area contributed by atoms with E-state index in [4.69, 9.17) is 57.4 Å². The van der Waals surface area contributed by atoms with E-state index in [2.05, 4.69) is 55.2 Å². The summed E-state index contributed by atoms with van der Waals surface area (Å²) in [4.78, 5) is 117. The van der Waals surface area contributed by atoms with Crippen molar-refractivity contribution in [2.45, 2.75) is 163 Å². The summed E-state index contributed by atoms with van der Waals surface area (Å²) in [6.07, 6.45) is -17.6. The quantitative estimate of drug-likeness (QED) is 0.0457. The van der Waals surface area contributed by atoms with Crippen LogP contribution in [0.5, 0.6) is 46.0 Å². The first-order chi connectivity index (χ1) is 49.7. The summed E-state index contributed by atoms with van der Waals surface area (Å²) < 4.78 is 39.0. The monoisotopic (exact) mass is 1520 g/mol. The smallest absolute Gasteiger partial charge is 0.330 e. The molecule has 7 heterocycles. The number of phenols is 3. The van der Waals surface area contributed by atoms with Gasteiger partial charge in [-0.1, -0.05) is 55.2 Å². The summed E-state index contributed by atoms with van der Waals surface area (Å²) >= 11 is 18.5. The van der Waals surface area contributed by atoms with Gasteiger partial charge in [0.25, 0.3) is 0 Å². The van der Waals surface area contributed by atoms with Crippen LogP contribution in [0.1, 0.15) is 112 Å². The lowest BCUT2D eigenvalue weighted by Gasteiger charge is -2.48. The van der Waals surface area contributed by atoms with Gasteiger partial charge in [0.15, 0.2) is 29.9 Å². The number of hydrogen-bond acceptors (Lipinski definition) is 26. The number of halogens is 2. The number of aliphatic carboxylic acids is 1. The van der Waals surface area contributed by atoms with Crippen molar-refractivity contribution in [2.24, 2.45) is 11.7 Å². The maximum Gasteiger partial charge on any atom is 0.330 e. The van der Waals surface area contributed by atoms with Gasteiger partial charge in [-0.15, -0.1) is 0 Å². The molecule has 0 aromatic heterocycles. The molecule has 0 unspecified atom stereocenters. The Morgan fingerprint density at radius 1 is 0.733 bits per heavy atom. The number of nitrogens with one attached hydrogen (secondary N) is 8. The number of carbonyl (C=O) groups is 8. The fourth-order valence-electron chi connectivity index (χ4n) is 13.1. The third-order valence-corrected chi connectivity index (χ3v) is 19.5. The number of phenolic OH excluding ortho intramolecular Hbond substituents is 3. The highest BCUT2D eigenvalue weighted by atomic mass is 35.5. The number of aliphatic hydroxyl groups excluding tert-OH is 6. The molecule has 7 amide bonds. The van der Waals surface area contributed by atoms with Gasteiger partial charge in [-0.2, -0.15) is 12.6 Å². The van der Waals surface area contributed by atoms with Crippen molar-refractivity contribution in [3.8, 4) is 57.1 Å². The number of nitrogens with two attached hydrogens (primary N) is 1. The Labute approximate surface area is 614 Å². The molecule has 7 aliphatic heterocycles. The van der Waals surface area contributed by atoms with Crippen LogP contribution in [0, 0.1) is 5.92 Å². The average molecular weight is 1520 g/mol. The molecular weight excluding hydrogens is 1440 g/mol. The standard InChI is InChI=1S/C69H81Cl2N9O24S/c1-26(2)15-37(73-5)61(91)79-52-54(86)29-8-11-41(35(70)17-29)100-43-19-31-20-44(58(43)104-68-59(57(89)56(88)45(25-81)102-68)103-47-24-69(4,74-13-6-14-105)60(90)27(3)99-47)101-42-12-9-30(18-36(42)71)55(87)53-66(96)78-51(67(97)98)34-21-32(82)22-40(84)48(34)33-16-28(7-10-39(33)83)49(63(93)80-53)77-64(94)50(31)76-62(92)38(23-46(72)85)75-65(52)95/h7-12,16-22,26-27,37-38,45,47,49-57,59-60,68,73-74,81-84,86-90,105H,6,13-15,23-25H2,1-5H3,(H2,72,85)(H,75,95)(H,76,92)(H,77,94)(H,78,96)(H,79,91)(H,80,93)(H,97,98)/t27-,37+,38-,45+,47-,49+,50+,51-,52+,53-,54+,55+,56+,57-,59+,60+,68-,69-/m0/s1. The zero-order chi connectivity index (χ0) is 76.4. The normalized spacial score (nSPS) is 28.8. The first-order valence-electron chi connectivity index (χ1n) is 33.3. The van der Waals surface area contributed by atoms with E-state index in [1.807, 2.05) is 13.8 Å². The molecule has 36 heteroatoms. The van der Waals surface area contributed by atoms with Crippen LogP contribution in [-0.4, -0.2) is 203 Å². The summed E-state index contributed by atoms with van der Waals surface area (Å²) in [7, 11) is 1.48. The van der Waals surface area contributed by atoms with Crippen LogP contribution in [0.3, 0.4) is 0 Å². The molecule has 0 radical (unpaired) electrons. The number of benzene rings is 5. The molecule has 0 aliphatic carbocycles. The van der Waals surface area contributed by atoms with Crippen molar-refractivity contribution >= 4 is 83.2 Å². The lowest BCUT2D eigenvalue weighted by atomic mass is 9.85. The minimum Gasteiger partial charge on any atom is -0.508 e. The Morgan fingerprint density at radius 2 is 1.35 bits per heavy atom. The number of hydrogen-bond donors (Lipinski definition) is 20. The van der Waals surface area contributed by atoms with Crippen LogP contribution in [0.25, 0.3) is 11.1 Å². The first-order valence-corrected chi connectivity index (χ1v) is 34.6. The Balaban J connectivity index is 1.23. The molecule has 11 bridgehead atoms. The van der Waals surface area contributed by atoms with Gasteiger partial charge in [0, 0.05) is 34.7 Å². The summed E-state index contributed by atoms with van der Waals surface area (Å²) in [5.74, 6) is -15.4. The first kappa shape index (κ1) is 78.7. The Hall–Kier alpha value is -8.85. The van der Waals surface area contributed by atoms with Crippen molar-refractivity contribution in [1.82, 2.24) is 42.5 Å². The zero-order valence-corrected chi connectivity index (χ0v) is 59.2. The van der Waals surface area contributed by atoms with Gasteiger partial charge in [-0.3, -0.25) is 33.6 Å². The van der Waals surface area contributed by atoms with E-state index in [0.29, 0.717) is 18.7 Å². The number of fused-ring (bicyclic) bond motifs is 15. The molecule has 0 saturated carbocycles. The molecule has 18 atom stereocenters. The number of amides is 7. The molecule has 7 aliphatic rings. The van der Waals surface area contributed by atoms with Gasteiger partial charge in [0.1, 0.15) is 89.5 Å². The lowest BCUT2D eigenvalue weighted by molar-refractivity contribution is -0.334. The number of ether oxygens (including phenoxy) is 6. The Kier molecular flexibility index (Phi) is 24.7. The molecule has 12 rings (SSSR count). The second-order valence-corrected chi connectivity index (χ2v) is 27.9. The Bertz CT molecular complexity index is 4160. The van der Waals surface area contributed by atoms with Crippen LogP contribution < -0.4 is 62.5 Å². The van der Waals surface area contributed by atoms with E-state index >= 15 is 14.4 Å². The summed E-state index contributed by atoms with van der Waals surface area (Å²) in [6, 6.07) is -0.563. The van der Waals surface area contributed by atoms with Crippen LogP contribution in [0.4, 0.5) is 0 Å². The third-order valence-electron chi connectivity index (χ3n) is 18.6. The summed E-state index contributed by atoms with van der Waals surface area (Å²) in [6.45, 7) is 6.34. The number of aliphatic hydroxyl groups is 6. The third kappa shape index (κ3) is 17.2. The van der Waals surface area contributed by atoms with Gasteiger partial charge < -0.3 is 128 Å². The van der Waals surface area contributed by atoms with Crippen molar-refractivity contribution < 1.29 is 118 Å². The number of carboxylic acid groups (broad SMARTS) is 1. The largest absolute Gasteiger partial charge is 0.508 e. The molecule has 2 saturated heterocycles. The van der Waals surface area contributed by atoms with Crippen LogP contribution >= 0.6 is 35.8 Å². The van der Waals surface area contributed by atoms with E-state index in [0.717, 1.165) is 66.7 Å². The number of aromatic hydroxyl groups is 3. The number of thiol groups is 1. The van der Waals surface area contributed by atoms with E-state index in [1.54, 1.807) is 13.8 Å². The van der Waals surface area contributed by atoms with E-state index in [1.165, 1.54) is 19.2 Å². The maximum absolute atomic E-state index is 16.1. The molecule has 20 N–H and O–H groups in total. The number of carboxylic acids is 1. The minimum atomic E-state index is -2.35. The molecular formula is C69H81Cl2N9O24S. The SMILES string of the molecule is CN[C@H](CC(C)C)C(=O)N[C@H]1C(=O)N[C@@H](CC(N)=O)C(=O)N[C@H]2C(=O)N[C@H]3C(=O)N[C@H](C(=O)N[C@H](C(=O)O)c4cc(O)cc(O)c4-c4cc3ccc4O)[C@H](O)c3ccc(c(Cl)c3)Oc3cc2cc(c3O[C@@H]2O[C@H](CO)[C@@H](O)[C@H](O)[C@H]2O[C@H]2C[C@](C)(NCCCS)[C@H](O)[C@H](C)O2)Oc2ccc(cc2Cl)[C@H]1O. The average Bonchev–Trinajstić information content (AvgIpc) is 0.767. The molecule has 5 aromatic carbocycles. The topological polar surface area (TPSA) is 517 Å². The molecule has 33 nitrogen and oxygen atoms in total. The lowest BCUT2D eigenvalue weighted by Crippen LogP contribution is -2.65. The molecule has 0 spiro atoms. The number of rotatable bonds is 17. The predicted octanol–water partition coefficient (Wildman–Crippen LogP) is 1.06. The highest BCUT2D eigenvalue weighted by Crippen LogP contribution is 2.50. The molecule has 105 heavy (non-hydrogen) atoms.